The largest absolute Gasteiger partial charge is 0.426 e. The summed E-state index contributed by atoms with van der Waals surface area (Å²) in [5, 5.41) is 1.72. The number of benzene rings is 2. The lowest BCUT2D eigenvalue weighted by molar-refractivity contribution is -0.132. The molecule has 0 bridgehead atoms. The molecule has 2 heterocycles. The van der Waals surface area contributed by atoms with Crippen molar-refractivity contribution in [1.82, 2.24) is 9.97 Å². The summed E-state index contributed by atoms with van der Waals surface area (Å²) < 4.78 is 10.9. The average Bonchev–Trinajstić information content (AvgIpc) is 2.70. The molecule has 29 heavy (non-hydrogen) atoms. The lowest BCUT2D eigenvalue weighted by Gasteiger charge is -2.16. The lowest BCUT2D eigenvalue weighted by Crippen LogP contribution is -2.08. The Kier molecular flexibility index (Phi) is 4.91. The molecule has 0 aliphatic carbocycles. The monoisotopic (exact) mass is 386 g/mol. The first kappa shape index (κ1) is 18.6. The Bertz CT molecular complexity index is 1150. The number of fused-ring (bicyclic) bond motifs is 2. The minimum absolute atomic E-state index is 0.372. The summed E-state index contributed by atoms with van der Waals surface area (Å²) in [4.78, 5) is 32.1. The highest BCUT2D eigenvalue weighted by molar-refractivity contribution is 5.90. The summed E-state index contributed by atoms with van der Waals surface area (Å²) in [6, 6.07) is 14.6. The van der Waals surface area contributed by atoms with Gasteiger partial charge in [-0.1, -0.05) is 12.1 Å². The topological polar surface area (TPSA) is 78.4 Å². The minimum Gasteiger partial charge on any atom is -0.426 e. The summed E-state index contributed by atoms with van der Waals surface area (Å²) in [7, 11) is 0. The Labute approximate surface area is 167 Å². The molecule has 0 spiro atoms. The average molecular weight is 386 g/mol. The van der Waals surface area contributed by atoms with Crippen molar-refractivity contribution in [2.24, 2.45) is 0 Å². The van der Waals surface area contributed by atoms with Gasteiger partial charge in [0.05, 0.1) is 11.0 Å². The first-order valence-corrected chi connectivity index (χ1v) is 9.13. The fraction of sp³-hybridized carbons (Fsp3) is 0.130. The first-order chi connectivity index (χ1) is 14.0. The zero-order chi connectivity index (χ0) is 20.4. The van der Waals surface area contributed by atoms with Crippen LogP contribution in [0.3, 0.4) is 0 Å². The molecule has 0 unspecified atom stereocenters. The number of rotatable bonds is 4. The molecule has 2 aromatic heterocycles. The number of hydrogen-bond acceptors (Lipinski definition) is 6. The highest BCUT2D eigenvalue weighted by Crippen LogP contribution is 2.35. The molecule has 0 fully saturated rings. The quantitative estimate of drug-likeness (QED) is 0.386. The Morgan fingerprint density at radius 3 is 1.59 bits per heavy atom. The number of ether oxygens (including phenoxy) is 2. The van der Waals surface area contributed by atoms with Gasteiger partial charge in [0.1, 0.15) is 11.5 Å². The number of carbonyl (C=O) groups excluding carboxylic acids is 2. The van der Waals surface area contributed by atoms with Gasteiger partial charge in [-0.05, 0) is 36.4 Å². The molecule has 4 aromatic rings. The third kappa shape index (κ3) is 3.78. The van der Waals surface area contributed by atoms with Crippen LogP contribution in [0, 0.1) is 0 Å². The van der Waals surface area contributed by atoms with E-state index in [4.69, 9.17) is 9.47 Å². The molecule has 0 saturated carbocycles. The molecule has 0 saturated heterocycles. The Balaban J connectivity index is 1.96. The molecule has 0 amide bonds. The van der Waals surface area contributed by atoms with E-state index in [1.54, 1.807) is 24.5 Å². The molecule has 0 aliphatic heterocycles. The summed E-state index contributed by atoms with van der Waals surface area (Å²) in [6.07, 6.45) is 3.80. The molecular weight excluding hydrogens is 368 g/mol. The number of hydrogen-bond donors (Lipinski definition) is 0. The van der Waals surface area contributed by atoms with E-state index < -0.39 is 11.9 Å². The van der Waals surface area contributed by atoms with Crippen molar-refractivity contribution in [3.8, 4) is 11.5 Å². The maximum atomic E-state index is 11.7. The van der Waals surface area contributed by atoms with Gasteiger partial charge in [-0.3, -0.25) is 19.6 Å². The standard InChI is InChI=1S/C23H18N2O4/c1-14(26)28-22-9-7-20-16(5-3-11-24-20)18(22)13-19-17-6-4-12-25-21(17)8-10-23(19)29-15(2)27/h3-12H,13H2,1-2H3. The van der Waals surface area contributed by atoms with E-state index in [1.807, 2.05) is 36.4 Å². The van der Waals surface area contributed by atoms with E-state index in [1.165, 1.54) is 13.8 Å². The third-order valence-electron chi connectivity index (χ3n) is 4.57. The van der Waals surface area contributed by atoms with Crippen molar-refractivity contribution in [2.45, 2.75) is 20.3 Å². The molecule has 0 radical (unpaired) electrons. The van der Waals surface area contributed by atoms with E-state index in [0.29, 0.717) is 17.9 Å². The molecule has 4 rings (SSSR count). The first-order valence-electron chi connectivity index (χ1n) is 9.13. The molecule has 6 nitrogen and oxygen atoms in total. The van der Waals surface area contributed by atoms with Crippen LogP contribution in [0.5, 0.6) is 11.5 Å². The van der Waals surface area contributed by atoms with Crippen LogP contribution in [0.4, 0.5) is 0 Å². The van der Waals surface area contributed by atoms with Crippen LogP contribution in [-0.2, 0) is 16.0 Å². The van der Waals surface area contributed by atoms with Gasteiger partial charge in [0.2, 0.25) is 0 Å². The van der Waals surface area contributed by atoms with Gasteiger partial charge >= 0.3 is 11.9 Å². The van der Waals surface area contributed by atoms with E-state index in [0.717, 1.165) is 32.9 Å². The number of carbonyl (C=O) groups is 2. The van der Waals surface area contributed by atoms with Crippen molar-refractivity contribution in [3.63, 3.8) is 0 Å². The Hall–Kier alpha value is -3.80. The summed E-state index contributed by atoms with van der Waals surface area (Å²) in [5.41, 5.74) is 3.14. The predicted octanol–water partition coefficient (Wildman–Crippen LogP) is 4.22. The molecular formula is C23H18N2O4. The normalized spacial score (nSPS) is 10.8. The van der Waals surface area contributed by atoms with Gasteiger partial charge in [0, 0.05) is 54.6 Å². The number of pyridine rings is 2. The van der Waals surface area contributed by atoms with Crippen LogP contribution in [0.1, 0.15) is 25.0 Å². The van der Waals surface area contributed by atoms with Crippen LogP contribution in [0.15, 0.2) is 60.9 Å². The third-order valence-corrected chi connectivity index (χ3v) is 4.57. The molecule has 2 aromatic carbocycles. The minimum atomic E-state index is -0.408. The zero-order valence-electron chi connectivity index (χ0n) is 16.0. The van der Waals surface area contributed by atoms with Crippen molar-refractivity contribution in [1.29, 1.82) is 0 Å². The number of aromatic nitrogens is 2. The van der Waals surface area contributed by atoms with Crippen LogP contribution >= 0.6 is 0 Å². The fourth-order valence-electron chi connectivity index (χ4n) is 3.43. The van der Waals surface area contributed by atoms with Crippen LogP contribution in [-0.4, -0.2) is 21.9 Å². The molecule has 0 atom stereocenters. The van der Waals surface area contributed by atoms with Gasteiger partial charge < -0.3 is 9.47 Å². The molecule has 6 heteroatoms. The van der Waals surface area contributed by atoms with Crippen molar-refractivity contribution < 1.29 is 19.1 Å². The Morgan fingerprint density at radius 2 is 1.17 bits per heavy atom. The van der Waals surface area contributed by atoms with Crippen LogP contribution in [0.25, 0.3) is 21.8 Å². The van der Waals surface area contributed by atoms with E-state index in [9.17, 15) is 9.59 Å². The predicted molar refractivity (Wildman–Crippen MR) is 109 cm³/mol. The highest BCUT2D eigenvalue weighted by atomic mass is 16.5. The Morgan fingerprint density at radius 1 is 0.724 bits per heavy atom. The second-order valence-corrected chi connectivity index (χ2v) is 6.59. The second kappa shape index (κ2) is 7.67. The maximum absolute atomic E-state index is 11.7. The summed E-state index contributed by atoms with van der Waals surface area (Å²) in [5.74, 6) is 0.0870. The van der Waals surface area contributed by atoms with Gasteiger partial charge in [-0.25, -0.2) is 0 Å². The molecule has 0 aliphatic rings. The lowest BCUT2D eigenvalue weighted by atomic mass is 9.96. The number of esters is 2. The summed E-state index contributed by atoms with van der Waals surface area (Å²) >= 11 is 0. The van der Waals surface area contributed by atoms with Crippen molar-refractivity contribution in [2.75, 3.05) is 0 Å². The summed E-state index contributed by atoms with van der Waals surface area (Å²) in [6.45, 7) is 2.73. The highest BCUT2D eigenvalue weighted by Gasteiger charge is 2.18. The van der Waals surface area contributed by atoms with Gasteiger partial charge in [-0.2, -0.15) is 0 Å². The number of nitrogens with zero attached hydrogens (tertiary/aromatic N) is 2. The smallest absolute Gasteiger partial charge is 0.308 e. The van der Waals surface area contributed by atoms with Crippen molar-refractivity contribution in [3.05, 3.63) is 72.1 Å². The van der Waals surface area contributed by atoms with E-state index in [-0.39, 0.29) is 0 Å². The molecule has 0 N–H and O–H groups in total. The van der Waals surface area contributed by atoms with E-state index >= 15 is 0 Å². The maximum Gasteiger partial charge on any atom is 0.308 e. The zero-order valence-corrected chi connectivity index (χ0v) is 16.0. The van der Waals surface area contributed by atoms with E-state index in [2.05, 4.69) is 9.97 Å². The molecule has 144 valence electrons. The van der Waals surface area contributed by atoms with Crippen molar-refractivity contribution >= 4 is 33.7 Å². The van der Waals surface area contributed by atoms with Crippen LogP contribution < -0.4 is 9.47 Å². The van der Waals surface area contributed by atoms with Gasteiger partial charge in [0.15, 0.2) is 0 Å². The second-order valence-electron chi connectivity index (χ2n) is 6.59. The van der Waals surface area contributed by atoms with Gasteiger partial charge in [0.25, 0.3) is 0 Å². The SMILES string of the molecule is CC(=O)Oc1ccc2ncccc2c1Cc1c(OC(C)=O)ccc2ncccc12. The fourth-order valence-corrected chi connectivity index (χ4v) is 3.43. The van der Waals surface area contributed by atoms with Gasteiger partial charge in [-0.15, -0.1) is 0 Å². The van der Waals surface area contributed by atoms with Crippen LogP contribution in [0.2, 0.25) is 0 Å².